The van der Waals surface area contributed by atoms with Gasteiger partial charge < -0.3 is 5.73 Å². The van der Waals surface area contributed by atoms with E-state index in [1.54, 1.807) is 0 Å². The second kappa shape index (κ2) is 3.85. The Bertz CT molecular complexity index is 275. The average molecular weight is 167 g/mol. The first-order valence-electron chi connectivity index (χ1n) is 3.89. The van der Waals surface area contributed by atoms with Gasteiger partial charge >= 0.3 is 0 Å². The van der Waals surface area contributed by atoms with E-state index in [2.05, 4.69) is 20.2 Å². The molecule has 1 rings (SSSR count). The number of H-pyrrole nitrogens is 1. The summed E-state index contributed by atoms with van der Waals surface area (Å²) in [6.07, 6.45) is 0.767. The van der Waals surface area contributed by atoms with Crippen molar-refractivity contribution in [2.75, 3.05) is 0 Å². The Morgan fingerprint density at radius 2 is 2.42 bits per heavy atom. The topological polar surface area (TPSA) is 80.0 Å². The maximum Gasteiger partial charge on any atom is 0.172 e. The minimum atomic E-state index is 0.462. The monoisotopic (exact) mass is 167 g/mol. The first kappa shape index (κ1) is 8.70. The Kier molecular flexibility index (Phi) is 2.79. The first-order valence-corrected chi connectivity index (χ1v) is 3.89. The third-order valence-electron chi connectivity index (χ3n) is 1.43. The van der Waals surface area contributed by atoms with Crippen LogP contribution in [0.1, 0.15) is 25.0 Å². The largest absolute Gasteiger partial charge is 0.387 e. The molecule has 0 bridgehead atoms. The second-order valence-corrected chi connectivity index (χ2v) is 2.50. The number of aryl methyl sites for hydroxylation is 1. The summed E-state index contributed by atoms with van der Waals surface area (Å²) in [4.78, 5) is 8.16. The second-order valence-electron chi connectivity index (χ2n) is 2.50. The normalized spacial score (nSPS) is 12.0. The van der Waals surface area contributed by atoms with Crippen LogP contribution in [0.15, 0.2) is 4.99 Å². The molecule has 0 unspecified atom stereocenters. The van der Waals surface area contributed by atoms with E-state index in [1.165, 1.54) is 0 Å². The maximum atomic E-state index is 5.51. The van der Waals surface area contributed by atoms with E-state index >= 15 is 0 Å². The van der Waals surface area contributed by atoms with E-state index in [-0.39, 0.29) is 0 Å². The summed E-state index contributed by atoms with van der Waals surface area (Å²) < 4.78 is 0. The van der Waals surface area contributed by atoms with Crippen molar-refractivity contribution in [2.24, 2.45) is 10.7 Å². The van der Waals surface area contributed by atoms with Gasteiger partial charge in [-0.15, -0.1) is 0 Å². The van der Waals surface area contributed by atoms with E-state index < -0.39 is 0 Å². The number of aliphatic imine (C=N–C) groups is 1. The lowest BCUT2D eigenvalue weighted by atomic mass is 10.4. The molecule has 0 radical (unpaired) electrons. The lowest BCUT2D eigenvalue weighted by Crippen LogP contribution is -2.09. The molecule has 3 N–H and O–H groups in total. The van der Waals surface area contributed by atoms with Gasteiger partial charge in [-0.25, -0.2) is 4.98 Å². The molecule has 0 saturated carbocycles. The predicted octanol–water partition coefficient (Wildman–Crippen LogP) is 0.380. The fourth-order valence-electron chi connectivity index (χ4n) is 0.744. The molecule has 1 aromatic rings. The van der Waals surface area contributed by atoms with Crippen molar-refractivity contribution in [3.63, 3.8) is 0 Å². The van der Waals surface area contributed by atoms with Gasteiger partial charge in [-0.2, -0.15) is 5.10 Å². The van der Waals surface area contributed by atoms with Crippen molar-refractivity contribution < 1.29 is 0 Å². The molecule has 12 heavy (non-hydrogen) atoms. The molecular weight excluding hydrogens is 154 g/mol. The molecule has 5 nitrogen and oxygen atoms in total. The number of nitrogens with zero attached hydrogens (tertiary/aromatic N) is 3. The standard InChI is InChI=1S/C7H13N5/c1-3-6(8)9-4-7-10-5(2)11-12-7/h3-4H2,1-2H3,(H2,8,9)(H,10,11,12). The quantitative estimate of drug-likeness (QED) is 0.504. The number of aromatic nitrogens is 3. The van der Waals surface area contributed by atoms with E-state index in [4.69, 9.17) is 5.73 Å². The molecule has 0 fully saturated rings. The van der Waals surface area contributed by atoms with E-state index in [0.717, 1.165) is 12.2 Å². The molecule has 0 saturated heterocycles. The van der Waals surface area contributed by atoms with Gasteiger partial charge in [0.1, 0.15) is 12.4 Å². The number of rotatable bonds is 3. The highest BCUT2D eigenvalue weighted by molar-refractivity contribution is 5.79. The molecule has 0 atom stereocenters. The molecule has 1 heterocycles. The van der Waals surface area contributed by atoms with Crippen molar-refractivity contribution in [2.45, 2.75) is 26.8 Å². The van der Waals surface area contributed by atoms with Gasteiger partial charge in [0.15, 0.2) is 5.82 Å². The Morgan fingerprint density at radius 3 is 2.92 bits per heavy atom. The Hall–Kier alpha value is -1.39. The molecule has 0 aliphatic rings. The van der Waals surface area contributed by atoms with Crippen molar-refractivity contribution in [3.05, 3.63) is 11.6 Å². The van der Waals surface area contributed by atoms with Crippen LogP contribution in [-0.2, 0) is 6.54 Å². The van der Waals surface area contributed by atoms with Gasteiger partial charge in [-0.05, 0) is 6.92 Å². The Balaban J connectivity index is 2.53. The summed E-state index contributed by atoms with van der Waals surface area (Å²) in [6.45, 7) is 4.27. The fraction of sp³-hybridized carbons (Fsp3) is 0.571. The van der Waals surface area contributed by atoms with Crippen LogP contribution in [0.25, 0.3) is 0 Å². The lowest BCUT2D eigenvalue weighted by Gasteiger charge is -1.92. The van der Waals surface area contributed by atoms with Crippen LogP contribution in [0.5, 0.6) is 0 Å². The Labute approximate surface area is 71.1 Å². The van der Waals surface area contributed by atoms with Crippen molar-refractivity contribution >= 4 is 5.84 Å². The highest BCUT2D eigenvalue weighted by Crippen LogP contribution is 1.93. The summed E-state index contributed by atoms with van der Waals surface area (Å²) in [5.74, 6) is 2.12. The minimum absolute atomic E-state index is 0.462. The van der Waals surface area contributed by atoms with Gasteiger partial charge in [0.2, 0.25) is 0 Å². The highest BCUT2D eigenvalue weighted by atomic mass is 15.2. The molecule has 0 aromatic carbocycles. The van der Waals surface area contributed by atoms with Gasteiger partial charge in [-0.3, -0.25) is 10.1 Å². The highest BCUT2D eigenvalue weighted by Gasteiger charge is 1.97. The van der Waals surface area contributed by atoms with Crippen LogP contribution in [0, 0.1) is 6.92 Å². The number of nitrogens with two attached hydrogens (primary N) is 1. The number of nitrogens with one attached hydrogen (secondary N) is 1. The van der Waals surface area contributed by atoms with E-state index in [9.17, 15) is 0 Å². The van der Waals surface area contributed by atoms with Gasteiger partial charge in [0.25, 0.3) is 0 Å². The predicted molar refractivity (Wildman–Crippen MR) is 46.7 cm³/mol. The SMILES string of the molecule is CCC(N)=NCc1n[nH]c(C)n1. The molecule has 5 heteroatoms. The minimum Gasteiger partial charge on any atom is -0.387 e. The molecule has 66 valence electrons. The summed E-state index contributed by atoms with van der Waals surface area (Å²) >= 11 is 0. The van der Waals surface area contributed by atoms with Crippen molar-refractivity contribution in [1.82, 2.24) is 15.2 Å². The molecule has 0 aliphatic heterocycles. The zero-order chi connectivity index (χ0) is 8.97. The molecule has 0 amide bonds. The van der Waals surface area contributed by atoms with Crippen LogP contribution >= 0.6 is 0 Å². The number of hydrogen-bond donors (Lipinski definition) is 2. The van der Waals surface area contributed by atoms with E-state index in [0.29, 0.717) is 18.2 Å². The molecule has 0 aliphatic carbocycles. The van der Waals surface area contributed by atoms with Crippen LogP contribution < -0.4 is 5.73 Å². The Morgan fingerprint density at radius 1 is 1.67 bits per heavy atom. The van der Waals surface area contributed by atoms with Crippen LogP contribution in [0.4, 0.5) is 0 Å². The summed E-state index contributed by atoms with van der Waals surface area (Å²) in [5.41, 5.74) is 5.51. The number of hydrogen-bond acceptors (Lipinski definition) is 3. The van der Waals surface area contributed by atoms with Crippen LogP contribution in [0.3, 0.4) is 0 Å². The van der Waals surface area contributed by atoms with Crippen molar-refractivity contribution in [1.29, 1.82) is 0 Å². The van der Waals surface area contributed by atoms with Gasteiger partial charge in [0, 0.05) is 6.42 Å². The zero-order valence-corrected chi connectivity index (χ0v) is 7.33. The van der Waals surface area contributed by atoms with E-state index in [1.807, 2.05) is 13.8 Å². The van der Waals surface area contributed by atoms with Crippen LogP contribution in [0.2, 0.25) is 0 Å². The lowest BCUT2D eigenvalue weighted by molar-refractivity contribution is 0.909. The maximum absolute atomic E-state index is 5.51. The summed E-state index contributed by atoms with van der Waals surface area (Å²) in [6, 6.07) is 0. The summed E-state index contributed by atoms with van der Waals surface area (Å²) in [7, 11) is 0. The number of amidine groups is 1. The molecular formula is C7H13N5. The third-order valence-corrected chi connectivity index (χ3v) is 1.43. The first-order chi connectivity index (χ1) is 5.72. The van der Waals surface area contributed by atoms with Gasteiger partial charge in [0.05, 0.1) is 5.84 Å². The number of aromatic amines is 1. The summed E-state index contributed by atoms with van der Waals surface area (Å²) in [5, 5.41) is 6.66. The third kappa shape index (κ3) is 2.34. The van der Waals surface area contributed by atoms with Crippen molar-refractivity contribution in [3.8, 4) is 0 Å². The molecule has 0 spiro atoms. The molecule has 1 aromatic heterocycles. The smallest absolute Gasteiger partial charge is 0.172 e. The average Bonchev–Trinajstić information content (AvgIpc) is 2.47. The zero-order valence-electron chi connectivity index (χ0n) is 7.33. The van der Waals surface area contributed by atoms with Crippen LogP contribution in [-0.4, -0.2) is 21.0 Å². The fourth-order valence-corrected chi connectivity index (χ4v) is 0.744. The van der Waals surface area contributed by atoms with Gasteiger partial charge in [-0.1, -0.05) is 6.92 Å².